The number of ether oxygens (including phenoxy) is 1. The Labute approximate surface area is 122 Å². The van der Waals surface area contributed by atoms with Crippen molar-refractivity contribution in [2.45, 2.75) is 19.8 Å². The summed E-state index contributed by atoms with van der Waals surface area (Å²) in [7, 11) is 1.77. The maximum atomic E-state index is 13.1. The van der Waals surface area contributed by atoms with Crippen LogP contribution in [0.3, 0.4) is 0 Å². The van der Waals surface area contributed by atoms with E-state index in [1.54, 1.807) is 13.1 Å². The molecule has 0 radical (unpaired) electrons. The summed E-state index contributed by atoms with van der Waals surface area (Å²) in [5.74, 6) is 1.72. The van der Waals surface area contributed by atoms with Crippen LogP contribution in [0.25, 0.3) is 0 Å². The van der Waals surface area contributed by atoms with Crippen molar-refractivity contribution in [1.29, 1.82) is 0 Å². The van der Waals surface area contributed by atoms with Crippen LogP contribution in [0.4, 0.5) is 10.2 Å². The van der Waals surface area contributed by atoms with Crippen LogP contribution in [-0.4, -0.2) is 17.0 Å². The summed E-state index contributed by atoms with van der Waals surface area (Å²) < 4.78 is 18.7. The monoisotopic (exact) mass is 295 g/mol. The highest BCUT2D eigenvalue weighted by atomic mass is 35.5. The Morgan fingerprint density at radius 2 is 2.10 bits per heavy atom. The van der Waals surface area contributed by atoms with E-state index >= 15 is 0 Å². The Hall–Kier alpha value is -1.88. The third-order valence-electron chi connectivity index (χ3n) is 2.59. The number of halogens is 2. The molecule has 1 heterocycles. The number of rotatable bonds is 5. The fourth-order valence-corrected chi connectivity index (χ4v) is 1.82. The number of hydrogen-bond donors (Lipinski definition) is 1. The molecule has 0 bridgehead atoms. The first-order valence-corrected chi connectivity index (χ1v) is 6.68. The molecule has 1 aromatic carbocycles. The zero-order valence-electron chi connectivity index (χ0n) is 11.3. The van der Waals surface area contributed by atoms with Crippen LogP contribution in [-0.2, 0) is 6.42 Å². The molecule has 2 aromatic rings. The Bertz CT molecular complexity index is 607. The molecule has 0 aliphatic heterocycles. The van der Waals surface area contributed by atoms with Crippen molar-refractivity contribution in [3.63, 3.8) is 0 Å². The zero-order valence-corrected chi connectivity index (χ0v) is 12.0. The van der Waals surface area contributed by atoms with E-state index in [-0.39, 0.29) is 5.02 Å². The smallest absolute Gasteiger partial charge is 0.224 e. The van der Waals surface area contributed by atoms with E-state index in [9.17, 15) is 4.39 Å². The Balaban J connectivity index is 2.27. The van der Waals surface area contributed by atoms with Crippen molar-refractivity contribution < 1.29 is 9.13 Å². The van der Waals surface area contributed by atoms with Gasteiger partial charge in [-0.15, -0.1) is 0 Å². The van der Waals surface area contributed by atoms with Gasteiger partial charge in [-0.25, -0.2) is 9.37 Å². The van der Waals surface area contributed by atoms with Crippen LogP contribution in [0.5, 0.6) is 11.6 Å². The lowest BCUT2D eigenvalue weighted by Gasteiger charge is -2.09. The van der Waals surface area contributed by atoms with Gasteiger partial charge in [0.1, 0.15) is 23.2 Å². The summed E-state index contributed by atoms with van der Waals surface area (Å²) in [6, 6.07) is 5.85. The minimum absolute atomic E-state index is 0.0131. The van der Waals surface area contributed by atoms with E-state index < -0.39 is 5.82 Å². The minimum atomic E-state index is -0.482. The van der Waals surface area contributed by atoms with Crippen LogP contribution < -0.4 is 10.1 Å². The molecular formula is C14H15ClFN3O. The molecule has 1 N–H and O–H groups in total. The van der Waals surface area contributed by atoms with Gasteiger partial charge in [0.05, 0.1) is 5.02 Å². The van der Waals surface area contributed by atoms with E-state index in [1.165, 1.54) is 18.2 Å². The second-order valence-electron chi connectivity index (χ2n) is 4.19. The van der Waals surface area contributed by atoms with Crippen molar-refractivity contribution in [2.75, 3.05) is 12.4 Å². The third kappa shape index (κ3) is 3.57. The van der Waals surface area contributed by atoms with E-state index in [0.717, 1.165) is 12.8 Å². The summed E-state index contributed by atoms with van der Waals surface area (Å²) in [5.41, 5.74) is 0. The molecule has 0 aliphatic carbocycles. The summed E-state index contributed by atoms with van der Waals surface area (Å²) in [4.78, 5) is 8.63. The van der Waals surface area contributed by atoms with Gasteiger partial charge in [-0.05, 0) is 18.6 Å². The molecule has 0 saturated heterocycles. The van der Waals surface area contributed by atoms with Gasteiger partial charge in [0.25, 0.3) is 0 Å². The first-order chi connectivity index (χ1) is 9.62. The van der Waals surface area contributed by atoms with Crippen LogP contribution in [0, 0.1) is 5.82 Å². The zero-order chi connectivity index (χ0) is 14.5. The summed E-state index contributed by atoms with van der Waals surface area (Å²) in [5, 5.41) is 2.97. The van der Waals surface area contributed by atoms with Crippen molar-refractivity contribution in [1.82, 2.24) is 9.97 Å². The molecule has 2 rings (SSSR count). The SMILES string of the molecule is CCCc1nc(NC)cc(Oc2ccc(F)c(Cl)c2)n1. The number of aromatic nitrogens is 2. The van der Waals surface area contributed by atoms with Crippen molar-refractivity contribution in [2.24, 2.45) is 0 Å². The second kappa shape index (κ2) is 6.52. The molecule has 106 valence electrons. The molecule has 4 nitrogen and oxygen atoms in total. The van der Waals surface area contributed by atoms with Gasteiger partial charge in [-0.1, -0.05) is 18.5 Å². The van der Waals surface area contributed by atoms with Crippen molar-refractivity contribution >= 4 is 17.4 Å². The lowest BCUT2D eigenvalue weighted by atomic mass is 10.3. The molecular weight excluding hydrogens is 281 g/mol. The average Bonchev–Trinajstić information content (AvgIpc) is 2.43. The van der Waals surface area contributed by atoms with Crippen LogP contribution in [0.1, 0.15) is 19.2 Å². The first-order valence-electron chi connectivity index (χ1n) is 6.31. The Kier molecular flexibility index (Phi) is 4.74. The van der Waals surface area contributed by atoms with Crippen molar-refractivity contribution in [3.8, 4) is 11.6 Å². The van der Waals surface area contributed by atoms with Gasteiger partial charge in [0.2, 0.25) is 5.88 Å². The topological polar surface area (TPSA) is 47.0 Å². The van der Waals surface area contributed by atoms with Gasteiger partial charge in [-0.2, -0.15) is 4.98 Å². The maximum Gasteiger partial charge on any atom is 0.224 e. The minimum Gasteiger partial charge on any atom is -0.439 e. The summed E-state index contributed by atoms with van der Waals surface area (Å²) >= 11 is 5.72. The lowest BCUT2D eigenvalue weighted by molar-refractivity contribution is 0.457. The predicted molar refractivity (Wildman–Crippen MR) is 77.1 cm³/mol. The quantitative estimate of drug-likeness (QED) is 0.904. The molecule has 0 fully saturated rings. The highest BCUT2D eigenvalue weighted by molar-refractivity contribution is 6.30. The molecule has 0 amide bonds. The van der Waals surface area contributed by atoms with E-state index in [1.807, 2.05) is 0 Å². The third-order valence-corrected chi connectivity index (χ3v) is 2.88. The number of aryl methyl sites for hydroxylation is 1. The fourth-order valence-electron chi connectivity index (χ4n) is 1.65. The van der Waals surface area contributed by atoms with E-state index in [4.69, 9.17) is 16.3 Å². The molecule has 0 spiro atoms. The highest BCUT2D eigenvalue weighted by Crippen LogP contribution is 2.26. The number of nitrogens with zero attached hydrogens (tertiary/aromatic N) is 2. The normalized spacial score (nSPS) is 10.4. The van der Waals surface area contributed by atoms with E-state index in [0.29, 0.717) is 23.3 Å². The van der Waals surface area contributed by atoms with E-state index in [2.05, 4.69) is 22.2 Å². The number of nitrogens with one attached hydrogen (secondary N) is 1. The average molecular weight is 296 g/mol. The largest absolute Gasteiger partial charge is 0.439 e. The second-order valence-corrected chi connectivity index (χ2v) is 4.59. The maximum absolute atomic E-state index is 13.1. The van der Waals surface area contributed by atoms with Gasteiger partial charge in [-0.3, -0.25) is 0 Å². The predicted octanol–water partition coefficient (Wildman–Crippen LogP) is 4.06. The summed E-state index contributed by atoms with van der Waals surface area (Å²) in [6.45, 7) is 2.05. The van der Waals surface area contributed by atoms with Gasteiger partial charge in [0.15, 0.2) is 0 Å². The molecule has 0 unspecified atom stereocenters. The van der Waals surface area contributed by atoms with Gasteiger partial charge in [0, 0.05) is 25.6 Å². The van der Waals surface area contributed by atoms with Crippen LogP contribution in [0.15, 0.2) is 24.3 Å². The number of anilines is 1. The van der Waals surface area contributed by atoms with Gasteiger partial charge < -0.3 is 10.1 Å². The standard InChI is InChI=1S/C14H15ClFN3O/c1-3-4-12-18-13(17-2)8-14(19-12)20-9-5-6-11(16)10(15)7-9/h5-8H,3-4H2,1-2H3,(H,17,18,19). The number of hydrogen-bond acceptors (Lipinski definition) is 4. The summed E-state index contributed by atoms with van der Waals surface area (Å²) in [6.07, 6.45) is 1.70. The molecule has 0 atom stereocenters. The highest BCUT2D eigenvalue weighted by Gasteiger charge is 2.07. The van der Waals surface area contributed by atoms with Crippen LogP contribution in [0.2, 0.25) is 5.02 Å². The van der Waals surface area contributed by atoms with Crippen molar-refractivity contribution in [3.05, 3.63) is 40.9 Å². The van der Waals surface area contributed by atoms with Gasteiger partial charge >= 0.3 is 0 Å². The molecule has 6 heteroatoms. The molecule has 0 aliphatic rings. The number of benzene rings is 1. The van der Waals surface area contributed by atoms with Crippen LogP contribution >= 0.6 is 11.6 Å². The molecule has 0 saturated carbocycles. The Morgan fingerprint density at radius 1 is 1.30 bits per heavy atom. The Morgan fingerprint density at radius 3 is 2.75 bits per heavy atom. The molecule has 20 heavy (non-hydrogen) atoms. The fraction of sp³-hybridized carbons (Fsp3) is 0.286. The lowest BCUT2D eigenvalue weighted by Crippen LogP contribution is -2.01. The molecule has 1 aromatic heterocycles. The first kappa shape index (κ1) is 14.5.